The molecule has 0 saturated carbocycles. The number of unbranched alkanes of at least 4 members (excludes halogenated alkanes) is 17. The standard InChI is InChI=1S/C53H88O6/c1-4-7-10-13-15-17-19-20-21-22-23-24-25-26-27-28-29-30-31-32-34-35-37-40-43-46-52(55)58-49-50(48-57-51(54)45-42-39-12-9-6-3)59-53(56)47-44-41-38-36-33-18-16-14-11-8-5-2/h7,10,14-17,20-21,23-24,26-27,29-30,50H,4-6,8-9,11-13,18-19,22,25,28,31-49H2,1-3H3/b10-7-,16-14-,17-15-,21-20-,24-23-,27-26-,30-29-. The van der Waals surface area contributed by atoms with Crippen molar-refractivity contribution in [1.82, 2.24) is 0 Å². The second kappa shape index (κ2) is 47.3. The smallest absolute Gasteiger partial charge is 0.306 e. The highest BCUT2D eigenvalue weighted by Crippen LogP contribution is 2.13. The van der Waals surface area contributed by atoms with E-state index < -0.39 is 6.10 Å². The Morgan fingerprint density at radius 1 is 0.356 bits per heavy atom. The van der Waals surface area contributed by atoms with Gasteiger partial charge in [-0.2, -0.15) is 0 Å². The monoisotopic (exact) mass is 821 g/mol. The predicted octanol–water partition coefficient (Wildman–Crippen LogP) is 15.6. The number of carbonyl (C=O) groups is 3. The fourth-order valence-corrected chi connectivity index (χ4v) is 6.25. The number of esters is 3. The highest BCUT2D eigenvalue weighted by Gasteiger charge is 2.19. The van der Waals surface area contributed by atoms with Crippen LogP contribution in [0.15, 0.2) is 85.1 Å². The number of allylic oxidation sites excluding steroid dienone is 14. The summed E-state index contributed by atoms with van der Waals surface area (Å²) in [6.45, 7) is 6.36. The number of carbonyl (C=O) groups excluding carboxylic acids is 3. The van der Waals surface area contributed by atoms with Crippen LogP contribution < -0.4 is 0 Å². The van der Waals surface area contributed by atoms with Gasteiger partial charge in [-0.15, -0.1) is 0 Å². The maximum Gasteiger partial charge on any atom is 0.306 e. The summed E-state index contributed by atoms with van der Waals surface area (Å²) in [5.74, 6) is -0.932. The molecular formula is C53H88O6. The van der Waals surface area contributed by atoms with Gasteiger partial charge in [0, 0.05) is 19.3 Å². The molecule has 0 amide bonds. The lowest BCUT2D eigenvalue weighted by Crippen LogP contribution is -2.30. The average Bonchev–Trinajstić information content (AvgIpc) is 3.23. The van der Waals surface area contributed by atoms with Crippen LogP contribution in [-0.4, -0.2) is 37.2 Å². The zero-order chi connectivity index (χ0) is 43.0. The molecule has 0 spiro atoms. The molecule has 0 aliphatic carbocycles. The second-order valence-electron chi connectivity index (χ2n) is 15.6. The number of rotatable bonds is 42. The van der Waals surface area contributed by atoms with Gasteiger partial charge in [-0.3, -0.25) is 14.4 Å². The van der Waals surface area contributed by atoms with E-state index in [0.717, 1.165) is 128 Å². The molecule has 1 unspecified atom stereocenters. The fraction of sp³-hybridized carbons (Fsp3) is 0.679. The molecular weight excluding hydrogens is 733 g/mol. The first-order valence-electron chi connectivity index (χ1n) is 24.1. The molecule has 0 N–H and O–H groups in total. The summed E-state index contributed by atoms with van der Waals surface area (Å²) in [7, 11) is 0. The molecule has 0 aliphatic heterocycles. The summed E-state index contributed by atoms with van der Waals surface area (Å²) in [6, 6.07) is 0. The molecule has 0 heterocycles. The minimum absolute atomic E-state index is 0.0862. The lowest BCUT2D eigenvalue weighted by molar-refractivity contribution is -0.167. The van der Waals surface area contributed by atoms with Crippen molar-refractivity contribution in [2.75, 3.05) is 13.2 Å². The third-order valence-electron chi connectivity index (χ3n) is 9.88. The molecule has 0 aromatic heterocycles. The van der Waals surface area contributed by atoms with E-state index in [1.54, 1.807) is 0 Å². The van der Waals surface area contributed by atoms with Crippen LogP contribution in [0.4, 0.5) is 0 Å². The first-order chi connectivity index (χ1) is 29.0. The molecule has 0 bridgehead atoms. The molecule has 336 valence electrons. The van der Waals surface area contributed by atoms with Crippen molar-refractivity contribution >= 4 is 17.9 Å². The fourth-order valence-electron chi connectivity index (χ4n) is 6.25. The Bertz CT molecular complexity index is 1170. The van der Waals surface area contributed by atoms with Gasteiger partial charge in [0.1, 0.15) is 13.2 Å². The quantitative estimate of drug-likeness (QED) is 0.0264. The third kappa shape index (κ3) is 45.5. The van der Waals surface area contributed by atoms with E-state index in [2.05, 4.69) is 106 Å². The molecule has 0 aliphatic rings. The second-order valence-corrected chi connectivity index (χ2v) is 15.6. The molecule has 6 heteroatoms. The zero-order valence-corrected chi connectivity index (χ0v) is 38.2. The number of hydrogen-bond acceptors (Lipinski definition) is 6. The van der Waals surface area contributed by atoms with Crippen LogP contribution in [0.25, 0.3) is 0 Å². The lowest BCUT2D eigenvalue weighted by atomic mass is 10.1. The molecule has 0 aromatic rings. The molecule has 0 aromatic carbocycles. The predicted molar refractivity (Wildman–Crippen MR) is 251 cm³/mol. The maximum absolute atomic E-state index is 12.6. The highest BCUT2D eigenvalue weighted by molar-refractivity contribution is 5.71. The Morgan fingerprint density at radius 2 is 0.678 bits per heavy atom. The molecule has 1 atom stereocenters. The van der Waals surface area contributed by atoms with Gasteiger partial charge in [-0.25, -0.2) is 0 Å². The van der Waals surface area contributed by atoms with Crippen molar-refractivity contribution in [1.29, 1.82) is 0 Å². The van der Waals surface area contributed by atoms with Crippen molar-refractivity contribution < 1.29 is 28.6 Å². The van der Waals surface area contributed by atoms with Crippen LogP contribution in [-0.2, 0) is 28.6 Å². The first-order valence-corrected chi connectivity index (χ1v) is 24.1. The average molecular weight is 821 g/mol. The largest absolute Gasteiger partial charge is 0.462 e. The SMILES string of the molecule is CC/C=C\C/C=C\C/C=C\C/C=C\C/C=C\C/C=C\CCCCCCCCC(=O)OCC(COC(=O)CCCCCCC)OC(=O)CCCCCCC/C=C\CCCC. The van der Waals surface area contributed by atoms with Gasteiger partial charge in [-0.05, 0) is 89.9 Å². The third-order valence-corrected chi connectivity index (χ3v) is 9.88. The van der Waals surface area contributed by atoms with Gasteiger partial charge in [0.2, 0.25) is 0 Å². The van der Waals surface area contributed by atoms with E-state index in [1.165, 1.54) is 44.9 Å². The van der Waals surface area contributed by atoms with Crippen LogP contribution in [0.2, 0.25) is 0 Å². The van der Waals surface area contributed by atoms with Gasteiger partial charge in [0.15, 0.2) is 6.10 Å². The van der Waals surface area contributed by atoms with Crippen LogP contribution >= 0.6 is 0 Å². The van der Waals surface area contributed by atoms with Crippen LogP contribution in [0.3, 0.4) is 0 Å². The topological polar surface area (TPSA) is 78.9 Å². The molecule has 0 radical (unpaired) electrons. The molecule has 6 nitrogen and oxygen atoms in total. The van der Waals surface area contributed by atoms with E-state index in [1.807, 2.05) is 0 Å². The maximum atomic E-state index is 12.6. The van der Waals surface area contributed by atoms with Crippen molar-refractivity contribution in [3.63, 3.8) is 0 Å². The summed E-state index contributed by atoms with van der Waals surface area (Å²) < 4.78 is 16.6. The molecule has 0 rings (SSSR count). The summed E-state index contributed by atoms with van der Waals surface area (Å²) >= 11 is 0. The minimum atomic E-state index is -0.781. The zero-order valence-electron chi connectivity index (χ0n) is 38.2. The molecule has 59 heavy (non-hydrogen) atoms. The van der Waals surface area contributed by atoms with E-state index >= 15 is 0 Å². The summed E-state index contributed by atoms with van der Waals surface area (Å²) in [5, 5.41) is 0. The van der Waals surface area contributed by atoms with Crippen LogP contribution in [0, 0.1) is 0 Å². The number of hydrogen-bond donors (Lipinski definition) is 0. The van der Waals surface area contributed by atoms with Gasteiger partial charge >= 0.3 is 17.9 Å². The molecule has 0 saturated heterocycles. The van der Waals surface area contributed by atoms with E-state index in [9.17, 15) is 14.4 Å². The van der Waals surface area contributed by atoms with Crippen LogP contribution in [0.1, 0.15) is 213 Å². The minimum Gasteiger partial charge on any atom is -0.462 e. The Hall–Kier alpha value is -3.41. The Balaban J connectivity index is 4.17. The Kier molecular flexibility index (Phi) is 44.5. The van der Waals surface area contributed by atoms with Crippen molar-refractivity contribution in [2.24, 2.45) is 0 Å². The molecule has 0 fully saturated rings. The Labute approximate surface area is 363 Å². The van der Waals surface area contributed by atoms with Gasteiger partial charge < -0.3 is 14.2 Å². The van der Waals surface area contributed by atoms with Crippen molar-refractivity contribution in [3.8, 4) is 0 Å². The van der Waals surface area contributed by atoms with Gasteiger partial charge in [-0.1, -0.05) is 189 Å². The van der Waals surface area contributed by atoms with Gasteiger partial charge in [0.25, 0.3) is 0 Å². The van der Waals surface area contributed by atoms with E-state index in [-0.39, 0.29) is 31.1 Å². The van der Waals surface area contributed by atoms with Crippen molar-refractivity contribution in [2.45, 2.75) is 219 Å². The van der Waals surface area contributed by atoms with Crippen LogP contribution in [0.5, 0.6) is 0 Å². The normalized spacial score (nSPS) is 12.8. The lowest BCUT2D eigenvalue weighted by Gasteiger charge is -2.18. The Morgan fingerprint density at radius 3 is 1.10 bits per heavy atom. The van der Waals surface area contributed by atoms with E-state index in [4.69, 9.17) is 14.2 Å². The number of ether oxygens (including phenoxy) is 3. The van der Waals surface area contributed by atoms with E-state index in [0.29, 0.717) is 19.3 Å². The van der Waals surface area contributed by atoms with Gasteiger partial charge in [0.05, 0.1) is 0 Å². The summed E-state index contributed by atoms with van der Waals surface area (Å²) in [5.41, 5.74) is 0. The first kappa shape index (κ1) is 55.6. The highest BCUT2D eigenvalue weighted by atomic mass is 16.6. The summed E-state index contributed by atoms with van der Waals surface area (Å²) in [6.07, 6.45) is 60.3. The van der Waals surface area contributed by atoms with Crippen molar-refractivity contribution in [3.05, 3.63) is 85.1 Å². The summed E-state index contributed by atoms with van der Waals surface area (Å²) in [4.78, 5) is 37.5.